The third kappa shape index (κ3) is 9.99. The molecule has 0 aromatic heterocycles. The fraction of sp³-hybridized carbons (Fsp3) is 0.875. The lowest BCUT2D eigenvalue weighted by atomic mass is 10.5. The Hall–Kier alpha value is -0.540. The fourth-order valence-corrected chi connectivity index (χ4v) is 0.940. The van der Waals surface area contributed by atoms with Crippen LogP contribution in [0.25, 0.3) is 0 Å². The van der Waals surface area contributed by atoms with E-state index in [9.17, 15) is 13.0 Å². The molecule has 0 bridgehead atoms. The Labute approximate surface area is 95.6 Å². The highest BCUT2D eigenvalue weighted by atomic mass is 32.3. The molecule has 0 atom stereocenters. The van der Waals surface area contributed by atoms with Gasteiger partial charge in [0, 0.05) is 7.11 Å². The lowest BCUT2D eigenvalue weighted by Gasteiger charge is -2.09. The van der Waals surface area contributed by atoms with Gasteiger partial charge in [0.05, 0.1) is 7.11 Å². The summed E-state index contributed by atoms with van der Waals surface area (Å²) < 4.78 is 43.3. The van der Waals surface area contributed by atoms with Gasteiger partial charge < -0.3 is 14.0 Å². The summed E-state index contributed by atoms with van der Waals surface area (Å²) in [5, 5.41) is 0. The van der Waals surface area contributed by atoms with Gasteiger partial charge in [-0.1, -0.05) is 0 Å². The summed E-state index contributed by atoms with van der Waals surface area (Å²) in [4.78, 5) is 0. The van der Waals surface area contributed by atoms with Crippen molar-refractivity contribution < 1.29 is 31.2 Å². The molecule has 0 amide bonds. The lowest BCUT2D eigenvalue weighted by Crippen LogP contribution is -2.30. The largest absolute Gasteiger partial charge is 0.726 e. The van der Waals surface area contributed by atoms with Crippen molar-refractivity contribution in [1.82, 2.24) is 0 Å². The average Bonchev–Trinajstić information content (AvgIpc) is 2.28. The summed E-state index contributed by atoms with van der Waals surface area (Å²) in [6.45, 7) is 4.41. The minimum absolute atomic E-state index is 0.708. The maximum atomic E-state index is 9.22. The highest BCUT2D eigenvalue weighted by Gasteiger charge is 2.09. The van der Waals surface area contributed by atoms with Crippen LogP contribution in [0.4, 0.5) is 0 Å². The summed E-state index contributed by atoms with van der Waals surface area (Å²) >= 11 is 0. The molecule has 1 heterocycles. The quantitative estimate of drug-likeness (QED) is 0.359. The van der Waals surface area contributed by atoms with Crippen molar-refractivity contribution in [2.24, 2.45) is 0 Å². The van der Waals surface area contributed by atoms with Gasteiger partial charge >= 0.3 is 0 Å². The molecule has 0 saturated carbocycles. The predicted octanol–water partition coefficient (Wildman–Crippen LogP) is -1.16. The highest BCUT2D eigenvalue weighted by molar-refractivity contribution is 7.80. The molecule has 16 heavy (non-hydrogen) atoms. The van der Waals surface area contributed by atoms with Crippen LogP contribution in [0.1, 0.15) is 0 Å². The van der Waals surface area contributed by atoms with E-state index >= 15 is 0 Å². The van der Waals surface area contributed by atoms with Crippen LogP contribution in [-0.2, 0) is 24.1 Å². The zero-order valence-corrected chi connectivity index (χ0v) is 10.2. The summed E-state index contributed by atoms with van der Waals surface area (Å²) in [7, 11) is -1.90. The van der Waals surface area contributed by atoms with E-state index in [0.29, 0.717) is 6.61 Å². The number of ether oxygens (including phenoxy) is 2. The molecule has 0 spiro atoms. The van der Waals surface area contributed by atoms with Gasteiger partial charge in [-0.15, -0.1) is 0 Å². The van der Waals surface area contributed by atoms with Gasteiger partial charge in [0.2, 0.25) is 10.4 Å². The molecule has 0 aromatic rings. The molecule has 96 valence electrons. The second-order valence-corrected chi connectivity index (χ2v) is 4.01. The molecule has 1 aliphatic heterocycles. The zero-order chi connectivity index (χ0) is 12.4. The van der Waals surface area contributed by atoms with Crippen LogP contribution >= 0.6 is 0 Å². The lowest BCUT2D eigenvalue weighted by molar-refractivity contribution is -0.546. The maximum absolute atomic E-state index is 9.22. The van der Waals surface area contributed by atoms with Crippen molar-refractivity contribution in [1.29, 1.82) is 0 Å². The molecule has 1 saturated heterocycles. The zero-order valence-electron chi connectivity index (χ0n) is 9.42. The molecule has 7 nitrogen and oxygen atoms in total. The van der Waals surface area contributed by atoms with E-state index in [1.165, 1.54) is 0 Å². The molecule has 0 radical (unpaired) electrons. The Balaban J connectivity index is 0.000000325. The molecule has 0 aromatic carbocycles. The molecule has 1 aliphatic rings. The Morgan fingerprint density at radius 2 is 1.88 bits per heavy atom. The standard InChI is InChI=1S/C7H14NO2.CH4O4S/c1-9-5-2-8-3-6-10-7-4-8;1-5-6(2,3)4/h2H,3-7H2,1H3;1H3,(H,2,3,4)/q+1;/p-1. The molecule has 0 unspecified atom stereocenters. The van der Waals surface area contributed by atoms with E-state index < -0.39 is 10.4 Å². The Morgan fingerprint density at radius 1 is 1.38 bits per heavy atom. The average molecular weight is 255 g/mol. The van der Waals surface area contributed by atoms with Crippen LogP contribution in [0.3, 0.4) is 0 Å². The minimum Gasteiger partial charge on any atom is -0.726 e. The molecule has 8 heteroatoms. The Kier molecular flexibility index (Phi) is 8.30. The number of hydrogen-bond donors (Lipinski definition) is 0. The third-order valence-corrected chi connectivity index (χ3v) is 2.16. The van der Waals surface area contributed by atoms with Crippen LogP contribution in [0.2, 0.25) is 0 Å². The smallest absolute Gasteiger partial charge is 0.217 e. The first-order chi connectivity index (χ1) is 7.49. The second kappa shape index (κ2) is 8.59. The van der Waals surface area contributed by atoms with Gasteiger partial charge in [0.15, 0.2) is 19.3 Å². The van der Waals surface area contributed by atoms with E-state index in [2.05, 4.69) is 15.0 Å². The summed E-state index contributed by atoms with van der Waals surface area (Å²) in [6.07, 6.45) is 2.07. The van der Waals surface area contributed by atoms with E-state index in [4.69, 9.17) is 9.47 Å². The van der Waals surface area contributed by atoms with Crippen LogP contribution in [0, 0.1) is 0 Å². The number of morpholine rings is 1. The van der Waals surface area contributed by atoms with Crippen molar-refractivity contribution in [3.05, 3.63) is 0 Å². The summed E-state index contributed by atoms with van der Waals surface area (Å²) in [5.74, 6) is 0. The van der Waals surface area contributed by atoms with E-state index in [-0.39, 0.29) is 0 Å². The third-order valence-electron chi connectivity index (χ3n) is 1.75. The molecule has 0 aliphatic carbocycles. The molecule has 0 N–H and O–H groups in total. The first kappa shape index (κ1) is 15.5. The van der Waals surface area contributed by atoms with Crippen molar-refractivity contribution in [3.8, 4) is 0 Å². The van der Waals surface area contributed by atoms with Crippen LogP contribution in [-0.4, -0.2) is 70.9 Å². The van der Waals surface area contributed by atoms with Gasteiger partial charge in [0.1, 0.15) is 19.8 Å². The fourth-order valence-electron chi connectivity index (χ4n) is 0.940. The number of methoxy groups -OCH3 is 1. The Bertz CT molecular complexity index is 292. The van der Waals surface area contributed by atoms with E-state index in [1.54, 1.807) is 7.11 Å². The highest BCUT2D eigenvalue weighted by Crippen LogP contribution is 1.86. The maximum Gasteiger partial charge on any atom is 0.217 e. The summed E-state index contributed by atoms with van der Waals surface area (Å²) in [6, 6.07) is 0. The topological polar surface area (TPSA) is 87.9 Å². The van der Waals surface area contributed by atoms with Gasteiger partial charge in [-0.25, -0.2) is 13.0 Å². The number of hydrogen-bond acceptors (Lipinski definition) is 6. The van der Waals surface area contributed by atoms with E-state index in [1.807, 2.05) is 0 Å². The molecular weight excluding hydrogens is 238 g/mol. The second-order valence-electron chi connectivity index (χ2n) is 2.86. The van der Waals surface area contributed by atoms with Gasteiger partial charge in [-0.3, -0.25) is 4.18 Å². The van der Waals surface area contributed by atoms with Crippen LogP contribution < -0.4 is 0 Å². The molecular formula is C8H17NO6S. The normalized spacial score (nSPS) is 16.3. The number of rotatable bonds is 3. The van der Waals surface area contributed by atoms with E-state index in [0.717, 1.165) is 33.4 Å². The van der Waals surface area contributed by atoms with Crippen molar-refractivity contribution in [3.63, 3.8) is 0 Å². The Morgan fingerprint density at radius 3 is 2.25 bits per heavy atom. The van der Waals surface area contributed by atoms with Gasteiger partial charge in [-0.05, 0) is 0 Å². The van der Waals surface area contributed by atoms with Crippen LogP contribution in [0.15, 0.2) is 0 Å². The first-order valence-electron chi connectivity index (χ1n) is 4.65. The first-order valence-corrected chi connectivity index (χ1v) is 5.98. The molecule has 1 rings (SSSR count). The molecule has 1 fully saturated rings. The van der Waals surface area contributed by atoms with Crippen molar-refractivity contribution in [2.75, 3.05) is 47.1 Å². The number of nitrogens with zero attached hydrogens (tertiary/aromatic N) is 1. The summed E-state index contributed by atoms with van der Waals surface area (Å²) in [5.41, 5.74) is 0. The predicted molar refractivity (Wildman–Crippen MR) is 55.5 cm³/mol. The van der Waals surface area contributed by atoms with Gasteiger partial charge in [0.25, 0.3) is 0 Å². The van der Waals surface area contributed by atoms with Gasteiger partial charge in [-0.2, -0.15) is 0 Å². The monoisotopic (exact) mass is 255 g/mol. The van der Waals surface area contributed by atoms with Crippen molar-refractivity contribution in [2.45, 2.75) is 0 Å². The SMILES string of the molecule is COCC=[N+]1CCOCC1.COS(=O)(=O)[O-]. The van der Waals surface area contributed by atoms with Crippen molar-refractivity contribution >= 4 is 16.6 Å². The minimum atomic E-state index is -4.41. The van der Waals surface area contributed by atoms with Crippen LogP contribution in [0.5, 0.6) is 0 Å².